The molecule has 166 valence electrons. The number of hydrogen-bond donors (Lipinski definition) is 1. The Morgan fingerprint density at radius 1 is 1.19 bits per heavy atom. The van der Waals surface area contributed by atoms with Gasteiger partial charge in [0.05, 0.1) is 21.8 Å². The van der Waals surface area contributed by atoms with Crippen molar-refractivity contribution in [1.29, 1.82) is 0 Å². The summed E-state index contributed by atoms with van der Waals surface area (Å²) in [5.41, 5.74) is -1.96. The van der Waals surface area contributed by atoms with Crippen molar-refractivity contribution in [2.24, 2.45) is 5.92 Å². The first-order chi connectivity index (χ1) is 14.5. The van der Waals surface area contributed by atoms with Crippen LogP contribution in [0.1, 0.15) is 25.8 Å². The van der Waals surface area contributed by atoms with Crippen LogP contribution in [0.3, 0.4) is 0 Å². The number of fused-ring (bicyclic) bond motifs is 1. The van der Waals surface area contributed by atoms with Gasteiger partial charge in [-0.25, -0.2) is 4.79 Å². The van der Waals surface area contributed by atoms with Gasteiger partial charge < -0.3 is 5.32 Å². The number of benzene rings is 1. The van der Waals surface area contributed by atoms with Crippen molar-refractivity contribution < 1.29 is 18.0 Å². The van der Waals surface area contributed by atoms with Crippen LogP contribution in [0.5, 0.6) is 0 Å². The molecule has 3 aromatic rings. The van der Waals surface area contributed by atoms with E-state index in [1.165, 1.54) is 0 Å². The molecular weight excluding hydrogens is 455 g/mol. The van der Waals surface area contributed by atoms with Crippen LogP contribution in [0.4, 0.5) is 18.9 Å². The summed E-state index contributed by atoms with van der Waals surface area (Å²) in [7, 11) is 0. The van der Waals surface area contributed by atoms with E-state index in [-0.39, 0.29) is 23.2 Å². The summed E-state index contributed by atoms with van der Waals surface area (Å²) >= 11 is 7.08. The lowest BCUT2D eigenvalue weighted by molar-refractivity contribution is -0.137. The van der Waals surface area contributed by atoms with Crippen molar-refractivity contribution in [3.63, 3.8) is 0 Å². The number of nitrogens with zero attached hydrogens (tertiary/aromatic N) is 2. The molecule has 11 heteroatoms. The highest BCUT2D eigenvalue weighted by atomic mass is 35.5. The summed E-state index contributed by atoms with van der Waals surface area (Å²) in [5.74, 6) is -0.491. The molecule has 1 amide bonds. The first kappa shape index (κ1) is 23.1. The summed E-state index contributed by atoms with van der Waals surface area (Å²) < 4.78 is 41.4. The van der Waals surface area contributed by atoms with Gasteiger partial charge >= 0.3 is 11.9 Å². The molecule has 0 saturated heterocycles. The standard InChI is InChI=1S/C20H19ClF3N3O3S/c1-11(2)5-7-26-18(29)17-15(6-8-31-17)27(19(26)30)10-16(28)25-14-9-12(20(22,23)24)3-4-13(14)21/h3-4,6,8-9,11H,5,7,10H2,1-2H3,(H,25,28). The quantitative estimate of drug-likeness (QED) is 0.569. The van der Waals surface area contributed by atoms with Crippen LogP contribution in [0.25, 0.3) is 10.2 Å². The molecule has 0 aliphatic heterocycles. The number of carbonyl (C=O) groups excluding carboxylic acids is 1. The molecule has 1 aromatic carbocycles. The second kappa shape index (κ2) is 8.88. The molecule has 3 rings (SSSR count). The van der Waals surface area contributed by atoms with Gasteiger partial charge in [-0.3, -0.25) is 18.7 Å². The third-order valence-electron chi connectivity index (χ3n) is 4.64. The summed E-state index contributed by atoms with van der Waals surface area (Å²) in [6.45, 7) is 3.63. The third kappa shape index (κ3) is 5.01. The average Bonchev–Trinajstić information content (AvgIpc) is 3.15. The molecule has 0 spiro atoms. The number of halogens is 4. The molecule has 0 saturated carbocycles. The van der Waals surface area contributed by atoms with Crippen molar-refractivity contribution in [2.45, 2.75) is 39.5 Å². The smallest absolute Gasteiger partial charge is 0.323 e. The fraction of sp³-hybridized carbons (Fsp3) is 0.350. The SMILES string of the molecule is CC(C)CCn1c(=O)c2sccc2n(CC(=O)Nc2cc(C(F)(F)F)ccc2Cl)c1=O. The maximum atomic E-state index is 13.0. The zero-order chi connectivity index (χ0) is 22.9. The number of alkyl halides is 3. The Morgan fingerprint density at radius 3 is 2.55 bits per heavy atom. The van der Waals surface area contributed by atoms with Crippen LogP contribution in [0.2, 0.25) is 5.02 Å². The molecule has 2 aromatic heterocycles. The maximum absolute atomic E-state index is 13.0. The largest absolute Gasteiger partial charge is 0.416 e. The highest BCUT2D eigenvalue weighted by Crippen LogP contribution is 2.33. The number of amides is 1. The molecule has 31 heavy (non-hydrogen) atoms. The summed E-state index contributed by atoms with van der Waals surface area (Å²) in [4.78, 5) is 38.2. The van der Waals surface area contributed by atoms with Crippen molar-refractivity contribution >= 4 is 44.7 Å². The molecular formula is C20H19ClF3N3O3S. The molecule has 0 aliphatic rings. The van der Waals surface area contributed by atoms with E-state index in [9.17, 15) is 27.6 Å². The van der Waals surface area contributed by atoms with Gasteiger partial charge in [-0.2, -0.15) is 13.2 Å². The molecule has 6 nitrogen and oxygen atoms in total. The fourth-order valence-corrected chi connectivity index (χ4v) is 4.01. The van der Waals surface area contributed by atoms with Crippen LogP contribution < -0.4 is 16.6 Å². The maximum Gasteiger partial charge on any atom is 0.416 e. The second-order valence-corrected chi connectivity index (χ2v) is 8.71. The highest BCUT2D eigenvalue weighted by molar-refractivity contribution is 7.17. The van der Waals surface area contributed by atoms with Crippen molar-refractivity contribution in [1.82, 2.24) is 9.13 Å². The Balaban J connectivity index is 1.95. The van der Waals surface area contributed by atoms with E-state index >= 15 is 0 Å². The summed E-state index contributed by atoms with van der Waals surface area (Å²) in [6, 6.07) is 4.13. The molecule has 0 aliphatic carbocycles. The molecule has 0 fully saturated rings. The fourth-order valence-electron chi connectivity index (χ4n) is 3.00. The van der Waals surface area contributed by atoms with Crippen molar-refractivity contribution in [3.05, 3.63) is 61.1 Å². The zero-order valence-electron chi connectivity index (χ0n) is 16.6. The lowest BCUT2D eigenvalue weighted by Crippen LogP contribution is -2.41. The predicted octanol–water partition coefficient (Wildman–Crippen LogP) is 4.58. The van der Waals surface area contributed by atoms with Crippen molar-refractivity contribution in [2.75, 3.05) is 5.32 Å². The van der Waals surface area contributed by atoms with E-state index < -0.39 is 35.4 Å². The molecule has 0 unspecified atom stereocenters. The summed E-state index contributed by atoms with van der Waals surface area (Å²) in [5, 5.41) is 3.89. The van der Waals surface area contributed by atoms with E-state index in [1.54, 1.807) is 11.4 Å². The number of hydrogen-bond acceptors (Lipinski definition) is 4. The minimum atomic E-state index is -4.60. The number of thiophene rings is 1. The van der Waals surface area contributed by atoms with Gasteiger partial charge in [0.2, 0.25) is 5.91 Å². The third-order valence-corrected chi connectivity index (χ3v) is 5.86. The Kier molecular flexibility index (Phi) is 6.61. The van der Waals surface area contributed by atoms with Crippen LogP contribution in [-0.4, -0.2) is 15.0 Å². The van der Waals surface area contributed by atoms with Crippen LogP contribution in [0.15, 0.2) is 39.2 Å². The first-order valence-electron chi connectivity index (χ1n) is 9.36. The van der Waals surface area contributed by atoms with E-state index in [4.69, 9.17) is 11.6 Å². The van der Waals surface area contributed by atoms with E-state index in [0.29, 0.717) is 16.6 Å². The Labute approximate surface area is 183 Å². The minimum absolute atomic E-state index is 0.0729. The second-order valence-electron chi connectivity index (χ2n) is 7.38. The Hall–Kier alpha value is -2.59. The number of carbonyl (C=O) groups is 1. The molecule has 0 bridgehead atoms. The van der Waals surface area contributed by atoms with Gasteiger partial charge in [0.1, 0.15) is 11.2 Å². The van der Waals surface area contributed by atoms with Gasteiger partial charge in [0.25, 0.3) is 5.56 Å². The predicted molar refractivity (Wildman–Crippen MR) is 115 cm³/mol. The van der Waals surface area contributed by atoms with Crippen molar-refractivity contribution in [3.8, 4) is 0 Å². The number of rotatable bonds is 6. The van der Waals surface area contributed by atoms with Crippen LogP contribution in [-0.2, 0) is 24.1 Å². The van der Waals surface area contributed by atoms with Gasteiger partial charge in [-0.15, -0.1) is 11.3 Å². The molecule has 0 atom stereocenters. The van der Waals surface area contributed by atoms with E-state index in [0.717, 1.165) is 38.7 Å². The zero-order valence-corrected chi connectivity index (χ0v) is 18.2. The highest BCUT2D eigenvalue weighted by Gasteiger charge is 2.31. The Morgan fingerprint density at radius 2 is 1.90 bits per heavy atom. The van der Waals surface area contributed by atoms with Gasteiger partial charge in [-0.05, 0) is 42.0 Å². The molecule has 0 radical (unpaired) electrons. The normalized spacial score (nSPS) is 12.0. The average molecular weight is 474 g/mol. The van der Waals surface area contributed by atoms with E-state index in [2.05, 4.69) is 5.32 Å². The topological polar surface area (TPSA) is 73.1 Å². The number of nitrogens with one attached hydrogen (secondary N) is 1. The minimum Gasteiger partial charge on any atom is -0.323 e. The van der Waals surface area contributed by atoms with Crippen LogP contribution in [0, 0.1) is 5.92 Å². The van der Waals surface area contributed by atoms with Crippen LogP contribution >= 0.6 is 22.9 Å². The Bertz CT molecular complexity index is 1240. The molecule has 1 N–H and O–H groups in total. The summed E-state index contributed by atoms with van der Waals surface area (Å²) in [6.07, 6.45) is -4.01. The van der Waals surface area contributed by atoms with Gasteiger partial charge in [0.15, 0.2) is 0 Å². The molecule has 2 heterocycles. The number of anilines is 1. The van der Waals surface area contributed by atoms with Gasteiger partial charge in [0, 0.05) is 6.54 Å². The lowest BCUT2D eigenvalue weighted by atomic mass is 10.1. The van der Waals surface area contributed by atoms with Gasteiger partial charge in [-0.1, -0.05) is 25.4 Å². The monoisotopic (exact) mass is 473 g/mol. The van der Waals surface area contributed by atoms with E-state index in [1.807, 2.05) is 13.8 Å². The first-order valence-corrected chi connectivity index (χ1v) is 10.6. The number of aromatic nitrogens is 2. The lowest BCUT2D eigenvalue weighted by Gasteiger charge is -2.14.